The van der Waals surface area contributed by atoms with Crippen LogP contribution in [0.4, 0.5) is 0 Å². The number of amides is 1. The lowest BCUT2D eigenvalue weighted by molar-refractivity contribution is 0.0945. The van der Waals surface area contributed by atoms with E-state index in [1.54, 1.807) is 21.6 Å². The van der Waals surface area contributed by atoms with Gasteiger partial charge in [0.25, 0.3) is 5.91 Å². The summed E-state index contributed by atoms with van der Waals surface area (Å²) >= 11 is 6.16. The summed E-state index contributed by atoms with van der Waals surface area (Å²) in [5.41, 5.74) is 3.92. The van der Waals surface area contributed by atoms with Gasteiger partial charge in [0.15, 0.2) is 0 Å². The van der Waals surface area contributed by atoms with E-state index in [0.29, 0.717) is 23.9 Å². The third-order valence-electron chi connectivity index (χ3n) is 4.26. The fourth-order valence-electron chi connectivity index (χ4n) is 2.67. The quantitative estimate of drug-likeness (QED) is 0.716. The summed E-state index contributed by atoms with van der Waals surface area (Å²) in [5, 5.41) is 16.6. The first-order chi connectivity index (χ1) is 12.4. The smallest absolute Gasteiger partial charge is 0.272 e. The van der Waals surface area contributed by atoms with Gasteiger partial charge in [-0.25, -0.2) is 4.68 Å². The average Bonchev–Trinajstić information content (AvgIpc) is 3.29. The van der Waals surface area contributed by atoms with Gasteiger partial charge in [-0.05, 0) is 33.8 Å². The Balaban J connectivity index is 1.64. The second-order valence-corrected chi connectivity index (χ2v) is 6.52. The van der Waals surface area contributed by atoms with Gasteiger partial charge in [-0.1, -0.05) is 11.6 Å². The van der Waals surface area contributed by atoms with E-state index in [4.69, 9.17) is 11.6 Å². The zero-order valence-electron chi connectivity index (χ0n) is 15.3. The minimum atomic E-state index is -0.223. The second kappa shape index (κ2) is 7.33. The van der Waals surface area contributed by atoms with E-state index < -0.39 is 0 Å². The summed E-state index contributed by atoms with van der Waals surface area (Å²) in [6.07, 6.45) is 3.69. The van der Waals surface area contributed by atoms with E-state index in [0.717, 1.165) is 29.2 Å². The Morgan fingerprint density at radius 2 is 1.92 bits per heavy atom. The van der Waals surface area contributed by atoms with Crippen LogP contribution < -0.4 is 5.32 Å². The Morgan fingerprint density at radius 3 is 2.54 bits per heavy atom. The standard InChI is InChI=1S/C17H22ClN7O/c1-5-23-9-14(11(2)20-23)8-19-17(26)15-6-7-24(22-15)10-25-13(4)16(18)12(3)21-25/h6-7,9H,5,8,10H2,1-4H3,(H,19,26). The Morgan fingerprint density at radius 1 is 1.15 bits per heavy atom. The Hall–Kier alpha value is -2.61. The number of halogens is 1. The summed E-state index contributed by atoms with van der Waals surface area (Å²) in [6, 6.07) is 1.69. The minimum Gasteiger partial charge on any atom is -0.346 e. The van der Waals surface area contributed by atoms with Crippen LogP contribution in [0.1, 0.15) is 40.1 Å². The van der Waals surface area contributed by atoms with Crippen molar-refractivity contribution in [2.24, 2.45) is 0 Å². The summed E-state index contributed by atoms with van der Waals surface area (Å²) in [5.74, 6) is -0.223. The molecule has 26 heavy (non-hydrogen) atoms. The SMILES string of the molecule is CCn1cc(CNC(=O)c2ccn(Cn3nc(C)c(Cl)c3C)n2)c(C)n1. The predicted molar refractivity (Wildman–Crippen MR) is 98.1 cm³/mol. The van der Waals surface area contributed by atoms with Gasteiger partial charge in [0.1, 0.15) is 12.4 Å². The maximum Gasteiger partial charge on any atom is 0.272 e. The molecule has 1 N–H and O–H groups in total. The molecule has 0 saturated heterocycles. The lowest BCUT2D eigenvalue weighted by Gasteiger charge is -2.05. The van der Waals surface area contributed by atoms with Crippen LogP contribution in [0.2, 0.25) is 5.02 Å². The Labute approximate surface area is 156 Å². The number of hydrogen-bond acceptors (Lipinski definition) is 4. The van der Waals surface area contributed by atoms with Crippen molar-refractivity contribution in [3.63, 3.8) is 0 Å². The van der Waals surface area contributed by atoms with Gasteiger partial charge in [-0.15, -0.1) is 0 Å². The molecule has 0 saturated carbocycles. The Bertz CT molecular complexity index is 937. The van der Waals surface area contributed by atoms with Crippen molar-refractivity contribution in [1.82, 2.24) is 34.7 Å². The van der Waals surface area contributed by atoms with Gasteiger partial charge in [0.05, 0.1) is 22.1 Å². The summed E-state index contributed by atoms with van der Waals surface area (Å²) in [7, 11) is 0. The highest BCUT2D eigenvalue weighted by Crippen LogP contribution is 2.18. The molecule has 0 radical (unpaired) electrons. The number of rotatable bonds is 6. The van der Waals surface area contributed by atoms with Crippen LogP contribution in [-0.4, -0.2) is 35.2 Å². The number of nitrogens with zero attached hydrogens (tertiary/aromatic N) is 6. The normalized spacial score (nSPS) is 11.1. The molecule has 0 atom stereocenters. The molecule has 138 valence electrons. The lowest BCUT2D eigenvalue weighted by atomic mass is 10.2. The van der Waals surface area contributed by atoms with Crippen molar-refractivity contribution in [1.29, 1.82) is 0 Å². The molecule has 0 fully saturated rings. The maximum absolute atomic E-state index is 12.3. The molecular weight excluding hydrogens is 354 g/mol. The maximum atomic E-state index is 12.3. The van der Waals surface area contributed by atoms with Crippen molar-refractivity contribution in [2.75, 3.05) is 0 Å². The van der Waals surface area contributed by atoms with Crippen molar-refractivity contribution in [3.8, 4) is 0 Å². The van der Waals surface area contributed by atoms with Crippen molar-refractivity contribution in [2.45, 2.75) is 47.5 Å². The third-order valence-corrected chi connectivity index (χ3v) is 4.80. The van der Waals surface area contributed by atoms with E-state index in [9.17, 15) is 4.79 Å². The van der Waals surface area contributed by atoms with Crippen LogP contribution in [-0.2, 0) is 19.8 Å². The predicted octanol–water partition coefficient (Wildman–Crippen LogP) is 2.31. The second-order valence-electron chi connectivity index (χ2n) is 6.14. The molecular formula is C17H22ClN7O. The zero-order valence-corrected chi connectivity index (χ0v) is 16.1. The monoisotopic (exact) mass is 375 g/mol. The molecule has 3 rings (SSSR count). The largest absolute Gasteiger partial charge is 0.346 e. The fraction of sp³-hybridized carbons (Fsp3) is 0.412. The van der Waals surface area contributed by atoms with E-state index >= 15 is 0 Å². The zero-order chi connectivity index (χ0) is 18.8. The van der Waals surface area contributed by atoms with E-state index in [-0.39, 0.29) is 5.91 Å². The number of aryl methyl sites for hydroxylation is 3. The first-order valence-corrected chi connectivity index (χ1v) is 8.81. The van der Waals surface area contributed by atoms with E-state index in [2.05, 4.69) is 20.6 Å². The molecule has 0 unspecified atom stereocenters. The first kappa shape index (κ1) is 18.2. The molecule has 8 nitrogen and oxygen atoms in total. The third kappa shape index (κ3) is 3.65. The topological polar surface area (TPSA) is 82.6 Å². The number of nitrogens with one attached hydrogen (secondary N) is 1. The highest BCUT2D eigenvalue weighted by Gasteiger charge is 2.13. The van der Waals surface area contributed by atoms with Crippen LogP contribution in [0, 0.1) is 20.8 Å². The Kier molecular flexibility index (Phi) is 5.13. The van der Waals surface area contributed by atoms with Crippen LogP contribution in [0.5, 0.6) is 0 Å². The molecule has 0 aromatic carbocycles. The highest BCUT2D eigenvalue weighted by atomic mass is 35.5. The number of hydrogen-bond donors (Lipinski definition) is 1. The molecule has 9 heteroatoms. The first-order valence-electron chi connectivity index (χ1n) is 8.43. The lowest BCUT2D eigenvalue weighted by Crippen LogP contribution is -2.24. The van der Waals surface area contributed by atoms with Crippen LogP contribution in [0.15, 0.2) is 18.5 Å². The van der Waals surface area contributed by atoms with Crippen molar-refractivity contribution in [3.05, 3.63) is 51.8 Å². The van der Waals surface area contributed by atoms with Crippen LogP contribution in [0.25, 0.3) is 0 Å². The number of carbonyl (C=O) groups excluding carboxylic acids is 1. The van der Waals surface area contributed by atoms with Gasteiger partial charge in [-0.3, -0.25) is 14.2 Å². The van der Waals surface area contributed by atoms with Crippen molar-refractivity contribution >= 4 is 17.5 Å². The molecule has 3 heterocycles. The molecule has 0 aliphatic heterocycles. The van der Waals surface area contributed by atoms with Gasteiger partial charge in [-0.2, -0.15) is 15.3 Å². The molecule has 3 aromatic heterocycles. The van der Waals surface area contributed by atoms with Crippen LogP contribution in [0.3, 0.4) is 0 Å². The van der Waals surface area contributed by atoms with Crippen molar-refractivity contribution < 1.29 is 4.79 Å². The molecule has 0 aliphatic rings. The highest BCUT2D eigenvalue weighted by molar-refractivity contribution is 6.31. The van der Waals surface area contributed by atoms with E-state index in [1.165, 1.54) is 0 Å². The fourth-order valence-corrected chi connectivity index (χ4v) is 2.81. The summed E-state index contributed by atoms with van der Waals surface area (Å²) in [6.45, 7) is 9.34. The van der Waals surface area contributed by atoms with Crippen LogP contribution >= 0.6 is 11.6 Å². The van der Waals surface area contributed by atoms with E-state index in [1.807, 2.05) is 38.6 Å². The molecule has 0 aliphatic carbocycles. The molecule has 0 bridgehead atoms. The van der Waals surface area contributed by atoms with Gasteiger partial charge in [0.2, 0.25) is 0 Å². The van der Waals surface area contributed by atoms with Gasteiger partial charge >= 0.3 is 0 Å². The minimum absolute atomic E-state index is 0.223. The summed E-state index contributed by atoms with van der Waals surface area (Å²) in [4.78, 5) is 12.3. The summed E-state index contributed by atoms with van der Waals surface area (Å²) < 4.78 is 5.27. The number of carbonyl (C=O) groups is 1. The molecule has 3 aromatic rings. The average molecular weight is 376 g/mol. The van der Waals surface area contributed by atoms with Gasteiger partial charge in [0, 0.05) is 31.0 Å². The number of aromatic nitrogens is 6. The van der Waals surface area contributed by atoms with Gasteiger partial charge < -0.3 is 5.32 Å². The molecule has 1 amide bonds. The molecule has 0 spiro atoms.